The summed E-state index contributed by atoms with van der Waals surface area (Å²) < 4.78 is 4.61. The lowest BCUT2D eigenvalue weighted by Crippen LogP contribution is -1.90. The van der Waals surface area contributed by atoms with Crippen LogP contribution in [0.1, 0.15) is 0 Å². The van der Waals surface area contributed by atoms with E-state index in [9.17, 15) is 10.1 Å². The molecule has 0 amide bonds. The summed E-state index contributed by atoms with van der Waals surface area (Å²) in [7, 11) is 0. The van der Waals surface area contributed by atoms with Gasteiger partial charge in [-0.2, -0.15) is 0 Å². The van der Waals surface area contributed by atoms with Crippen molar-refractivity contribution >= 4 is 34.2 Å². The van der Waals surface area contributed by atoms with Crippen LogP contribution in [0.2, 0.25) is 0 Å². The number of fused-ring (bicyclic) bond motifs is 1. The number of hydrogen-bond donors (Lipinski definition) is 0. The van der Waals surface area contributed by atoms with E-state index in [1.807, 2.05) is 0 Å². The Balaban J connectivity index is 2.01. The van der Waals surface area contributed by atoms with Crippen LogP contribution in [-0.4, -0.2) is 15.2 Å². The fraction of sp³-hybridized carbons (Fsp3) is 0. The first-order valence-corrected chi connectivity index (χ1v) is 6.56. The van der Waals surface area contributed by atoms with Gasteiger partial charge in [-0.25, -0.2) is 9.47 Å². The second-order valence-electron chi connectivity index (χ2n) is 4.01. The molecule has 0 aliphatic carbocycles. The minimum absolute atomic E-state index is 0.128. The van der Waals surface area contributed by atoms with Crippen LogP contribution >= 0.6 is 11.8 Å². The molecule has 0 N–H and O–H groups in total. The van der Waals surface area contributed by atoms with Gasteiger partial charge in [-0.3, -0.25) is 10.1 Å². The minimum atomic E-state index is -0.522. The number of aromatic nitrogens is 2. The molecule has 8 heteroatoms. The van der Waals surface area contributed by atoms with E-state index in [0.717, 1.165) is 4.90 Å². The van der Waals surface area contributed by atoms with Crippen molar-refractivity contribution in [1.82, 2.24) is 10.3 Å². The van der Waals surface area contributed by atoms with Crippen molar-refractivity contribution in [3.63, 3.8) is 0 Å². The van der Waals surface area contributed by atoms with Gasteiger partial charge in [0.15, 0.2) is 11.2 Å². The first-order valence-electron chi connectivity index (χ1n) is 5.74. The zero-order valence-electron chi connectivity index (χ0n) is 10.4. The van der Waals surface area contributed by atoms with Crippen molar-refractivity contribution in [2.45, 2.75) is 9.79 Å². The monoisotopic (exact) mass is 298 g/mol. The van der Waals surface area contributed by atoms with Gasteiger partial charge in [-0.1, -0.05) is 36.0 Å². The minimum Gasteiger partial charge on any atom is -0.258 e. The second-order valence-corrected chi connectivity index (χ2v) is 5.12. The smallest absolute Gasteiger partial charge is 0.258 e. The maximum atomic E-state index is 10.9. The topological polar surface area (TPSA) is 86.4 Å². The van der Waals surface area contributed by atoms with E-state index in [-0.39, 0.29) is 11.2 Å². The van der Waals surface area contributed by atoms with E-state index in [1.54, 1.807) is 30.3 Å². The summed E-state index contributed by atoms with van der Waals surface area (Å²) in [5.74, 6) is 0. The first kappa shape index (κ1) is 13.1. The Hall–Kier alpha value is -2.92. The van der Waals surface area contributed by atoms with Crippen LogP contribution in [0.5, 0.6) is 0 Å². The summed E-state index contributed by atoms with van der Waals surface area (Å²) in [6.45, 7) is 6.91. The molecule has 3 aromatic rings. The lowest BCUT2D eigenvalue weighted by atomic mass is 10.3. The summed E-state index contributed by atoms with van der Waals surface area (Å²) in [5.41, 5.74) is 0.890. The molecule has 0 spiro atoms. The van der Waals surface area contributed by atoms with E-state index < -0.39 is 4.92 Å². The normalized spacial score (nSPS) is 10.4. The number of hydrogen-bond acceptors (Lipinski definition) is 6. The lowest BCUT2D eigenvalue weighted by Gasteiger charge is -2.02. The lowest BCUT2D eigenvalue weighted by molar-refractivity contribution is -0.383. The van der Waals surface area contributed by atoms with Crippen molar-refractivity contribution in [2.24, 2.45) is 0 Å². The van der Waals surface area contributed by atoms with Crippen molar-refractivity contribution in [2.75, 3.05) is 0 Å². The molecule has 7 nitrogen and oxygen atoms in total. The van der Waals surface area contributed by atoms with Crippen molar-refractivity contribution in [1.29, 1.82) is 0 Å². The zero-order valence-corrected chi connectivity index (χ0v) is 11.2. The summed E-state index contributed by atoms with van der Waals surface area (Å²) in [6.07, 6.45) is 0. The second kappa shape index (κ2) is 5.22. The largest absolute Gasteiger partial charge is 0.300 e. The van der Waals surface area contributed by atoms with Gasteiger partial charge in [0, 0.05) is 15.9 Å². The third kappa shape index (κ3) is 2.42. The Morgan fingerprint density at radius 3 is 2.52 bits per heavy atom. The highest BCUT2D eigenvalue weighted by molar-refractivity contribution is 7.99. The highest BCUT2D eigenvalue weighted by atomic mass is 32.2. The number of nitrogens with zero attached hydrogens (tertiary/aromatic N) is 4. The maximum absolute atomic E-state index is 10.9. The highest BCUT2D eigenvalue weighted by Gasteiger charge is 2.19. The van der Waals surface area contributed by atoms with Crippen molar-refractivity contribution in [3.05, 3.63) is 57.9 Å². The molecule has 0 atom stereocenters. The molecule has 0 fully saturated rings. The molecular formula is C13H6N4O3S. The number of benzene rings is 2. The quantitative estimate of drug-likeness (QED) is 0.415. The van der Waals surface area contributed by atoms with Crippen LogP contribution in [0.25, 0.3) is 15.9 Å². The SMILES string of the molecule is [C-]#[N+]c1ccc(Sc2ccc([N+](=O)[O-])c3nonc23)cc1. The molecule has 0 saturated heterocycles. The first-order chi connectivity index (χ1) is 10.2. The molecule has 2 aromatic carbocycles. The Morgan fingerprint density at radius 1 is 1.14 bits per heavy atom. The third-order valence-electron chi connectivity index (χ3n) is 2.75. The Kier molecular flexibility index (Phi) is 3.25. The molecule has 3 rings (SSSR count). The average Bonchev–Trinajstić information content (AvgIpc) is 2.98. The van der Waals surface area contributed by atoms with E-state index in [2.05, 4.69) is 19.8 Å². The van der Waals surface area contributed by atoms with Gasteiger partial charge in [0.05, 0.1) is 11.5 Å². The van der Waals surface area contributed by atoms with Gasteiger partial charge < -0.3 is 0 Å². The maximum Gasteiger partial charge on any atom is 0.300 e. The Morgan fingerprint density at radius 2 is 1.86 bits per heavy atom. The average molecular weight is 298 g/mol. The molecular weight excluding hydrogens is 292 g/mol. The fourth-order valence-electron chi connectivity index (χ4n) is 1.78. The Bertz CT molecular complexity index is 867. The third-order valence-corrected chi connectivity index (χ3v) is 3.80. The number of non-ortho nitro benzene ring substituents is 1. The molecule has 0 aliphatic heterocycles. The van der Waals surface area contributed by atoms with Gasteiger partial charge in [0.2, 0.25) is 5.52 Å². The summed E-state index contributed by atoms with van der Waals surface area (Å²) in [6, 6.07) is 10.0. The summed E-state index contributed by atoms with van der Waals surface area (Å²) >= 11 is 1.37. The number of nitro benzene ring substituents is 1. The summed E-state index contributed by atoms with van der Waals surface area (Å²) in [5, 5.41) is 18.2. The van der Waals surface area contributed by atoms with E-state index >= 15 is 0 Å². The molecule has 0 bridgehead atoms. The molecule has 0 unspecified atom stereocenters. The molecule has 0 saturated carbocycles. The van der Waals surface area contributed by atoms with Gasteiger partial charge >= 0.3 is 5.69 Å². The summed E-state index contributed by atoms with van der Waals surface area (Å²) in [4.78, 5) is 15.3. The van der Waals surface area contributed by atoms with E-state index in [0.29, 0.717) is 16.1 Å². The van der Waals surface area contributed by atoms with Gasteiger partial charge in [0.25, 0.3) is 0 Å². The van der Waals surface area contributed by atoms with Crippen LogP contribution < -0.4 is 0 Å². The molecule has 0 aliphatic rings. The van der Waals surface area contributed by atoms with Crippen LogP contribution in [0.3, 0.4) is 0 Å². The van der Waals surface area contributed by atoms with Crippen LogP contribution in [0.15, 0.2) is 50.8 Å². The van der Waals surface area contributed by atoms with Crippen LogP contribution in [-0.2, 0) is 0 Å². The predicted molar refractivity (Wildman–Crippen MR) is 75.3 cm³/mol. The molecule has 102 valence electrons. The molecule has 1 aromatic heterocycles. The van der Waals surface area contributed by atoms with Crippen LogP contribution in [0, 0.1) is 16.7 Å². The molecule has 21 heavy (non-hydrogen) atoms. The number of nitro groups is 1. The fourth-order valence-corrected chi connectivity index (χ4v) is 2.67. The zero-order chi connectivity index (χ0) is 14.8. The standard InChI is InChI=1S/C13H6N4O3S/c1-14-8-2-4-9(5-3-8)21-11-7-6-10(17(18)19)12-13(11)16-20-15-12/h2-7H. The van der Waals surface area contributed by atoms with E-state index in [1.165, 1.54) is 17.8 Å². The Labute approximate surface area is 122 Å². The molecule has 1 heterocycles. The predicted octanol–water partition coefficient (Wildman–Crippen LogP) is 3.83. The molecule has 0 radical (unpaired) electrons. The van der Waals surface area contributed by atoms with Gasteiger partial charge in [-0.05, 0) is 16.4 Å². The van der Waals surface area contributed by atoms with Gasteiger partial charge in [0.1, 0.15) is 0 Å². The van der Waals surface area contributed by atoms with Crippen molar-refractivity contribution in [3.8, 4) is 0 Å². The number of rotatable bonds is 3. The van der Waals surface area contributed by atoms with Gasteiger partial charge in [-0.15, -0.1) is 0 Å². The van der Waals surface area contributed by atoms with Crippen molar-refractivity contribution < 1.29 is 9.55 Å². The highest BCUT2D eigenvalue weighted by Crippen LogP contribution is 2.36. The van der Waals surface area contributed by atoms with Crippen LogP contribution in [0.4, 0.5) is 11.4 Å². The van der Waals surface area contributed by atoms with E-state index in [4.69, 9.17) is 6.57 Å².